The van der Waals surface area contributed by atoms with Crippen LogP contribution in [0.15, 0.2) is 0 Å². The molecule has 1 atom stereocenters. The van der Waals surface area contributed by atoms with Gasteiger partial charge >= 0.3 is 0 Å². The average molecular weight is 174 g/mol. The van der Waals surface area contributed by atoms with E-state index in [9.17, 15) is 4.79 Å². The van der Waals surface area contributed by atoms with Crippen LogP contribution in [0.3, 0.4) is 0 Å². The van der Waals surface area contributed by atoms with Crippen molar-refractivity contribution >= 4 is 18.0 Å². The van der Waals surface area contributed by atoms with E-state index in [2.05, 4.69) is 6.92 Å². The van der Waals surface area contributed by atoms with Crippen molar-refractivity contribution < 1.29 is 4.79 Å². The molecule has 0 aliphatic rings. The summed E-state index contributed by atoms with van der Waals surface area (Å²) in [6, 6.07) is 0. The lowest BCUT2D eigenvalue weighted by molar-refractivity contribution is -0.107. The fourth-order valence-corrected chi connectivity index (χ4v) is 1.53. The van der Waals surface area contributed by atoms with Gasteiger partial charge in [0.1, 0.15) is 6.29 Å². The fourth-order valence-electron chi connectivity index (χ4n) is 1.01. The largest absolute Gasteiger partial charge is 0.302 e. The predicted octanol–water partition coefficient (Wildman–Crippen LogP) is 2.89. The van der Waals surface area contributed by atoms with Crippen LogP contribution < -0.4 is 0 Å². The van der Waals surface area contributed by atoms with Gasteiger partial charge in [-0.15, -0.1) is 0 Å². The lowest BCUT2D eigenvalue weighted by Crippen LogP contribution is -2.02. The van der Waals surface area contributed by atoms with E-state index in [0.717, 1.165) is 12.7 Å². The molecule has 11 heavy (non-hydrogen) atoms. The number of hydrogen-bond donors (Lipinski definition) is 0. The molecule has 0 N–H and O–H groups in total. The minimum Gasteiger partial charge on any atom is -0.302 e. The number of aldehydes is 1. The topological polar surface area (TPSA) is 17.1 Å². The summed E-state index contributed by atoms with van der Waals surface area (Å²) in [7, 11) is 0. The average Bonchev–Trinajstić information content (AvgIpc) is 2.05. The van der Waals surface area contributed by atoms with Crippen molar-refractivity contribution in [1.82, 2.24) is 0 Å². The highest BCUT2D eigenvalue weighted by Crippen LogP contribution is 2.13. The van der Waals surface area contributed by atoms with Gasteiger partial charge in [-0.1, -0.05) is 32.6 Å². The molecule has 0 amide bonds. The maximum Gasteiger partial charge on any atom is 0.132 e. The zero-order chi connectivity index (χ0) is 8.53. The number of unbranched alkanes of at least 4 members (excludes halogenated alkanes) is 3. The Morgan fingerprint density at radius 1 is 1.36 bits per heavy atom. The Morgan fingerprint density at radius 3 is 2.55 bits per heavy atom. The van der Waals surface area contributed by atoms with Crippen molar-refractivity contribution in [3.8, 4) is 0 Å². The molecule has 0 aliphatic carbocycles. The number of rotatable bonds is 7. The molecule has 0 saturated heterocycles. The predicted molar refractivity (Wildman–Crippen MR) is 52.1 cm³/mol. The van der Waals surface area contributed by atoms with Gasteiger partial charge in [-0.2, -0.15) is 11.8 Å². The van der Waals surface area contributed by atoms with Gasteiger partial charge in [0.15, 0.2) is 0 Å². The molecule has 1 unspecified atom stereocenters. The summed E-state index contributed by atoms with van der Waals surface area (Å²) < 4.78 is 0. The molecule has 0 bridgehead atoms. The third-order valence-corrected chi connectivity index (χ3v) is 2.75. The van der Waals surface area contributed by atoms with Crippen LogP contribution >= 0.6 is 11.8 Å². The monoisotopic (exact) mass is 174 g/mol. The summed E-state index contributed by atoms with van der Waals surface area (Å²) in [5.41, 5.74) is 0. The molecule has 0 radical (unpaired) electrons. The van der Waals surface area contributed by atoms with Crippen molar-refractivity contribution in [2.24, 2.45) is 0 Å². The normalized spacial score (nSPS) is 12.9. The molecule has 0 fully saturated rings. The first kappa shape index (κ1) is 11.0. The van der Waals surface area contributed by atoms with Gasteiger partial charge in [-0.05, 0) is 12.7 Å². The third kappa shape index (κ3) is 6.42. The Bertz CT molecular complexity index is 93.6. The van der Waals surface area contributed by atoms with Crippen molar-refractivity contribution in [2.45, 2.75) is 44.3 Å². The first-order valence-electron chi connectivity index (χ1n) is 4.33. The molecule has 0 saturated carbocycles. The van der Waals surface area contributed by atoms with Gasteiger partial charge in [0.05, 0.1) is 5.25 Å². The summed E-state index contributed by atoms with van der Waals surface area (Å²) >= 11 is 1.66. The van der Waals surface area contributed by atoms with Gasteiger partial charge in [-0.3, -0.25) is 0 Å². The van der Waals surface area contributed by atoms with E-state index in [1.54, 1.807) is 11.8 Å². The molecule has 0 aromatic rings. The van der Waals surface area contributed by atoms with Crippen LogP contribution in [0, 0.1) is 0 Å². The van der Waals surface area contributed by atoms with Crippen LogP contribution in [-0.4, -0.2) is 17.8 Å². The molecule has 0 aliphatic heterocycles. The van der Waals surface area contributed by atoms with Crippen molar-refractivity contribution in [3.63, 3.8) is 0 Å². The highest BCUT2D eigenvalue weighted by molar-refractivity contribution is 7.99. The van der Waals surface area contributed by atoms with Crippen molar-refractivity contribution in [3.05, 3.63) is 0 Å². The Labute approximate surface area is 73.9 Å². The van der Waals surface area contributed by atoms with E-state index in [4.69, 9.17) is 0 Å². The van der Waals surface area contributed by atoms with E-state index < -0.39 is 0 Å². The fraction of sp³-hybridized carbons (Fsp3) is 0.889. The van der Waals surface area contributed by atoms with E-state index in [-0.39, 0.29) is 5.25 Å². The molecular weight excluding hydrogens is 156 g/mol. The number of carbonyl (C=O) groups excluding carboxylic acids is 1. The summed E-state index contributed by atoms with van der Waals surface area (Å²) in [6.07, 6.45) is 9.19. The summed E-state index contributed by atoms with van der Waals surface area (Å²) in [5, 5.41) is 0.242. The highest BCUT2D eigenvalue weighted by atomic mass is 32.2. The zero-order valence-electron chi connectivity index (χ0n) is 7.51. The number of thioether (sulfide) groups is 1. The Hall–Kier alpha value is 0.0200. The smallest absolute Gasteiger partial charge is 0.132 e. The molecule has 0 rings (SSSR count). The molecule has 0 spiro atoms. The van der Waals surface area contributed by atoms with Crippen LogP contribution in [0.2, 0.25) is 0 Å². The van der Waals surface area contributed by atoms with Crippen LogP contribution in [-0.2, 0) is 4.79 Å². The lowest BCUT2D eigenvalue weighted by atomic mass is 10.1. The van der Waals surface area contributed by atoms with Crippen molar-refractivity contribution in [1.29, 1.82) is 0 Å². The lowest BCUT2D eigenvalue weighted by Gasteiger charge is -2.04. The second-order valence-corrected chi connectivity index (χ2v) is 3.84. The second-order valence-electron chi connectivity index (χ2n) is 2.76. The van der Waals surface area contributed by atoms with E-state index in [1.165, 1.54) is 25.7 Å². The second kappa shape index (κ2) is 8.12. The molecular formula is C9H18OS. The Morgan fingerprint density at radius 2 is 2.09 bits per heavy atom. The number of carbonyl (C=O) groups is 1. The van der Waals surface area contributed by atoms with Crippen LogP contribution in [0.5, 0.6) is 0 Å². The molecule has 0 heterocycles. The van der Waals surface area contributed by atoms with Gasteiger partial charge < -0.3 is 4.79 Å². The standard InChI is InChI=1S/C9H18OS/c1-3-4-5-6-7-9(8-10)11-2/h8-9H,3-7H2,1-2H3. The summed E-state index contributed by atoms with van der Waals surface area (Å²) in [6.45, 7) is 2.20. The van der Waals surface area contributed by atoms with E-state index >= 15 is 0 Å². The molecule has 0 aromatic carbocycles. The molecule has 0 aromatic heterocycles. The van der Waals surface area contributed by atoms with Crippen LogP contribution in [0.4, 0.5) is 0 Å². The van der Waals surface area contributed by atoms with Crippen LogP contribution in [0.1, 0.15) is 39.0 Å². The summed E-state index contributed by atoms with van der Waals surface area (Å²) in [5.74, 6) is 0. The molecule has 2 heteroatoms. The minimum absolute atomic E-state index is 0.242. The Balaban J connectivity index is 3.14. The van der Waals surface area contributed by atoms with Crippen molar-refractivity contribution in [2.75, 3.05) is 6.26 Å². The quantitative estimate of drug-likeness (QED) is 0.436. The van der Waals surface area contributed by atoms with Gasteiger partial charge in [0.25, 0.3) is 0 Å². The maximum absolute atomic E-state index is 10.4. The van der Waals surface area contributed by atoms with E-state index in [1.807, 2.05) is 6.26 Å². The first-order valence-corrected chi connectivity index (χ1v) is 5.62. The van der Waals surface area contributed by atoms with Gasteiger partial charge in [0.2, 0.25) is 0 Å². The summed E-state index contributed by atoms with van der Waals surface area (Å²) in [4.78, 5) is 10.4. The zero-order valence-corrected chi connectivity index (χ0v) is 8.32. The van der Waals surface area contributed by atoms with Gasteiger partial charge in [-0.25, -0.2) is 0 Å². The SMILES string of the molecule is CCCCCCC(C=O)SC. The van der Waals surface area contributed by atoms with E-state index in [0.29, 0.717) is 0 Å². The highest BCUT2D eigenvalue weighted by Gasteiger charge is 2.02. The first-order chi connectivity index (χ1) is 5.35. The van der Waals surface area contributed by atoms with Crippen LogP contribution in [0.25, 0.3) is 0 Å². The third-order valence-electron chi connectivity index (χ3n) is 1.80. The van der Waals surface area contributed by atoms with Gasteiger partial charge in [0, 0.05) is 0 Å². The Kier molecular flexibility index (Phi) is 8.13. The molecule has 66 valence electrons. The molecule has 1 nitrogen and oxygen atoms in total. The minimum atomic E-state index is 0.242. The number of hydrogen-bond acceptors (Lipinski definition) is 2. The maximum atomic E-state index is 10.4.